The summed E-state index contributed by atoms with van der Waals surface area (Å²) in [6.07, 6.45) is 0.843. The van der Waals surface area contributed by atoms with Crippen LogP contribution in [0.25, 0.3) is 0 Å². The average Bonchev–Trinajstić information content (AvgIpc) is 3.04. The first-order valence-electron chi connectivity index (χ1n) is 8.92. The minimum absolute atomic E-state index is 0.0232. The van der Waals surface area contributed by atoms with E-state index in [4.69, 9.17) is 0 Å². The van der Waals surface area contributed by atoms with Crippen LogP contribution >= 0.6 is 0 Å². The maximum Gasteiger partial charge on any atom is 0.250 e. The van der Waals surface area contributed by atoms with E-state index < -0.39 is 12.0 Å². The van der Waals surface area contributed by atoms with Crippen LogP contribution in [-0.2, 0) is 16.1 Å². The van der Waals surface area contributed by atoms with Crippen LogP contribution in [0, 0.1) is 12.8 Å². The predicted molar refractivity (Wildman–Crippen MR) is 101 cm³/mol. The lowest BCUT2D eigenvalue weighted by molar-refractivity contribution is -0.126. The molecule has 2 atom stereocenters. The van der Waals surface area contributed by atoms with Crippen molar-refractivity contribution < 1.29 is 14.7 Å². The molecule has 0 aliphatic carbocycles. The fraction of sp³-hybridized carbons (Fsp3) is 0.350. The molecule has 1 fully saturated rings. The van der Waals surface area contributed by atoms with Gasteiger partial charge in [-0.3, -0.25) is 14.4 Å². The summed E-state index contributed by atoms with van der Waals surface area (Å²) in [5, 5.41) is 12.8. The summed E-state index contributed by atoms with van der Waals surface area (Å²) in [5.74, 6) is -0.807. The average molecular weight is 369 g/mol. The van der Waals surface area contributed by atoms with Crippen molar-refractivity contribution in [1.82, 2.24) is 9.88 Å². The molecule has 1 aliphatic rings. The Balaban J connectivity index is 1.52. The highest BCUT2D eigenvalue weighted by Gasteiger charge is 2.35. The fourth-order valence-corrected chi connectivity index (χ4v) is 3.12. The maximum absolute atomic E-state index is 12.4. The number of aromatic nitrogens is 1. The van der Waals surface area contributed by atoms with E-state index in [0.717, 1.165) is 11.3 Å². The number of hydrogen-bond donors (Lipinski definition) is 2. The second-order valence-corrected chi connectivity index (χ2v) is 6.83. The molecular weight excluding hydrogens is 346 g/mol. The summed E-state index contributed by atoms with van der Waals surface area (Å²) in [4.78, 5) is 37.9. The number of rotatable bonds is 6. The van der Waals surface area contributed by atoms with Crippen molar-refractivity contribution in [1.29, 1.82) is 0 Å². The molecule has 7 nitrogen and oxygen atoms in total. The van der Waals surface area contributed by atoms with Gasteiger partial charge in [0.2, 0.25) is 11.8 Å². The van der Waals surface area contributed by atoms with Crippen molar-refractivity contribution in [2.75, 3.05) is 18.0 Å². The minimum Gasteiger partial charge on any atom is -0.389 e. The van der Waals surface area contributed by atoms with Crippen molar-refractivity contribution >= 4 is 17.5 Å². The largest absolute Gasteiger partial charge is 0.389 e. The van der Waals surface area contributed by atoms with Gasteiger partial charge in [0.15, 0.2) is 0 Å². The number of amides is 2. The zero-order valence-electron chi connectivity index (χ0n) is 15.2. The van der Waals surface area contributed by atoms with Gasteiger partial charge in [0, 0.05) is 37.5 Å². The third-order valence-electron chi connectivity index (χ3n) is 4.66. The van der Waals surface area contributed by atoms with E-state index in [-0.39, 0.29) is 36.9 Å². The zero-order chi connectivity index (χ0) is 19.4. The molecule has 1 aliphatic heterocycles. The lowest BCUT2D eigenvalue weighted by Crippen LogP contribution is -2.39. The molecule has 0 bridgehead atoms. The van der Waals surface area contributed by atoms with Crippen LogP contribution in [0.4, 0.5) is 5.69 Å². The van der Waals surface area contributed by atoms with E-state index in [1.165, 1.54) is 10.6 Å². The highest BCUT2D eigenvalue weighted by atomic mass is 16.3. The molecule has 27 heavy (non-hydrogen) atoms. The number of hydrogen-bond acceptors (Lipinski definition) is 4. The molecule has 7 heteroatoms. The predicted octanol–water partition coefficient (Wildman–Crippen LogP) is 0.687. The van der Waals surface area contributed by atoms with Crippen LogP contribution < -0.4 is 15.8 Å². The number of anilines is 1. The molecule has 1 saturated heterocycles. The molecule has 2 unspecified atom stereocenters. The Hall–Kier alpha value is -2.93. The molecule has 1 aromatic carbocycles. The number of pyridine rings is 1. The minimum atomic E-state index is -0.889. The number of aliphatic hydroxyl groups is 1. The topological polar surface area (TPSA) is 91.6 Å². The Morgan fingerprint density at radius 3 is 2.67 bits per heavy atom. The number of carbonyl (C=O) groups is 2. The number of carbonyl (C=O) groups excluding carboxylic acids is 2. The third-order valence-corrected chi connectivity index (χ3v) is 4.66. The summed E-state index contributed by atoms with van der Waals surface area (Å²) < 4.78 is 1.38. The second kappa shape index (κ2) is 8.18. The normalized spacial score (nSPS) is 17.8. The van der Waals surface area contributed by atoms with Gasteiger partial charge in [0.05, 0.1) is 18.6 Å². The van der Waals surface area contributed by atoms with Crippen LogP contribution in [0.2, 0.25) is 0 Å². The van der Waals surface area contributed by atoms with Gasteiger partial charge in [0.1, 0.15) is 0 Å². The Morgan fingerprint density at radius 2 is 1.96 bits per heavy atom. The van der Waals surface area contributed by atoms with Crippen molar-refractivity contribution in [3.05, 3.63) is 64.6 Å². The van der Waals surface area contributed by atoms with Gasteiger partial charge in [-0.25, -0.2) is 0 Å². The van der Waals surface area contributed by atoms with E-state index in [1.54, 1.807) is 23.2 Å². The van der Waals surface area contributed by atoms with Crippen molar-refractivity contribution in [2.45, 2.75) is 26.0 Å². The van der Waals surface area contributed by atoms with Gasteiger partial charge < -0.3 is 19.9 Å². The molecule has 2 N–H and O–H groups in total. The van der Waals surface area contributed by atoms with E-state index in [1.807, 2.05) is 31.2 Å². The van der Waals surface area contributed by atoms with Gasteiger partial charge >= 0.3 is 0 Å². The molecule has 3 rings (SSSR count). The van der Waals surface area contributed by atoms with E-state index >= 15 is 0 Å². The Morgan fingerprint density at radius 1 is 1.22 bits per heavy atom. The van der Waals surface area contributed by atoms with Crippen LogP contribution in [-0.4, -0.2) is 40.7 Å². The van der Waals surface area contributed by atoms with Crippen molar-refractivity contribution in [2.24, 2.45) is 5.92 Å². The highest BCUT2D eigenvalue weighted by Crippen LogP contribution is 2.25. The van der Waals surface area contributed by atoms with Crippen molar-refractivity contribution in [3.63, 3.8) is 0 Å². The number of aliphatic hydroxyl groups excluding tert-OH is 1. The molecule has 2 amide bonds. The first kappa shape index (κ1) is 18.8. The number of nitrogens with one attached hydrogen (secondary N) is 1. The monoisotopic (exact) mass is 369 g/mol. The quantitative estimate of drug-likeness (QED) is 0.784. The lowest BCUT2D eigenvalue weighted by atomic mass is 10.1. The smallest absolute Gasteiger partial charge is 0.250 e. The molecule has 2 aromatic rings. The van der Waals surface area contributed by atoms with E-state index in [0.29, 0.717) is 6.54 Å². The Labute approximate surface area is 157 Å². The van der Waals surface area contributed by atoms with E-state index in [9.17, 15) is 19.5 Å². The Bertz CT molecular complexity index is 875. The summed E-state index contributed by atoms with van der Waals surface area (Å²) in [7, 11) is 0. The molecule has 0 saturated carbocycles. The van der Waals surface area contributed by atoms with Crippen LogP contribution in [0.3, 0.4) is 0 Å². The molecule has 2 heterocycles. The molecule has 142 valence electrons. The number of nitrogens with zero attached hydrogens (tertiary/aromatic N) is 2. The number of aryl methyl sites for hydroxylation is 1. The van der Waals surface area contributed by atoms with Gasteiger partial charge in [-0.1, -0.05) is 23.8 Å². The van der Waals surface area contributed by atoms with Gasteiger partial charge in [0.25, 0.3) is 5.56 Å². The molecular formula is C20H23N3O4. The molecule has 0 spiro atoms. The SMILES string of the molecule is Cc1ccc(N2CC(C(=O)NCC(O)Cn3ccccc3=O)CC2=O)cc1. The molecule has 1 aromatic heterocycles. The first-order valence-corrected chi connectivity index (χ1v) is 8.92. The van der Waals surface area contributed by atoms with Gasteiger partial charge in [-0.05, 0) is 25.1 Å². The van der Waals surface area contributed by atoms with Gasteiger partial charge in [-0.15, -0.1) is 0 Å². The van der Waals surface area contributed by atoms with Crippen molar-refractivity contribution in [3.8, 4) is 0 Å². The zero-order valence-corrected chi connectivity index (χ0v) is 15.2. The third kappa shape index (κ3) is 4.62. The Kier molecular flexibility index (Phi) is 5.71. The summed E-state index contributed by atoms with van der Waals surface area (Å²) in [6, 6.07) is 12.3. The summed E-state index contributed by atoms with van der Waals surface area (Å²) in [6.45, 7) is 2.41. The summed E-state index contributed by atoms with van der Waals surface area (Å²) in [5.41, 5.74) is 1.67. The highest BCUT2D eigenvalue weighted by molar-refractivity contribution is 6.00. The lowest BCUT2D eigenvalue weighted by Gasteiger charge is -2.18. The first-order chi connectivity index (χ1) is 12.9. The molecule has 0 radical (unpaired) electrons. The standard InChI is InChI=1S/C20H23N3O4/c1-14-5-7-16(8-6-14)23-12-15(10-19(23)26)20(27)21-11-17(24)13-22-9-3-2-4-18(22)25/h2-9,15,17,24H,10-13H2,1H3,(H,21,27). The fourth-order valence-electron chi connectivity index (χ4n) is 3.12. The van der Waals surface area contributed by atoms with Crippen LogP contribution in [0.1, 0.15) is 12.0 Å². The van der Waals surface area contributed by atoms with E-state index in [2.05, 4.69) is 5.32 Å². The van der Waals surface area contributed by atoms with Gasteiger partial charge in [-0.2, -0.15) is 0 Å². The van der Waals surface area contributed by atoms with Crippen LogP contribution in [0.5, 0.6) is 0 Å². The summed E-state index contributed by atoms with van der Waals surface area (Å²) >= 11 is 0. The second-order valence-electron chi connectivity index (χ2n) is 6.83. The van der Waals surface area contributed by atoms with Crippen LogP contribution in [0.15, 0.2) is 53.5 Å². The maximum atomic E-state index is 12.4. The number of benzene rings is 1.